The highest BCUT2D eigenvalue weighted by molar-refractivity contribution is 5.67. The van der Waals surface area contributed by atoms with E-state index in [2.05, 4.69) is 15.3 Å². The van der Waals surface area contributed by atoms with Crippen molar-refractivity contribution < 1.29 is 14.6 Å². The molecular weight excluding hydrogens is 298 g/mol. The third-order valence-corrected chi connectivity index (χ3v) is 3.45. The van der Waals surface area contributed by atoms with Crippen LogP contribution in [0.2, 0.25) is 0 Å². The smallest absolute Gasteiger partial charge is 0.409 e. The number of amides is 1. The fraction of sp³-hybridized carbons (Fsp3) is 0.467. The van der Waals surface area contributed by atoms with E-state index in [1.165, 1.54) is 4.90 Å². The van der Waals surface area contributed by atoms with E-state index in [4.69, 9.17) is 4.74 Å². The van der Waals surface area contributed by atoms with Crippen LogP contribution in [0.25, 0.3) is 11.4 Å². The van der Waals surface area contributed by atoms with Gasteiger partial charge in [-0.25, -0.2) is 14.5 Å². The lowest BCUT2D eigenvalue weighted by molar-refractivity contribution is 0.103. The summed E-state index contributed by atoms with van der Waals surface area (Å²) in [5.74, 6) is 0.117. The second kappa shape index (κ2) is 7.08. The Labute approximate surface area is 134 Å². The Kier molecular flexibility index (Phi) is 5.15. The van der Waals surface area contributed by atoms with Crippen molar-refractivity contribution in [3.63, 3.8) is 0 Å². The fourth-order valence-corrected chi connectivity index (χ4v) is 2.09. The average Bonchev–Trinajstić information content (AvgIpc) is 2.89. The molecule has 1 amide bonds. The summed E-state index contributed by atoms with van der Waals surface area (Å²) in [6.45, 7) is 4.38. The first-order valence-corrected chi connectivity index (χ1v) is 7.37. The lowest BCUT2D eigenvalue weighted by Gasteiger charge is -2.16. The van der Waals surface area contributed by atoms with E-state index < -0.39 is 6.09 Å². The van der Waals surface area contributed by atoms with Crippen LogP contribution in [0.4, 0.5) is 4.79 Å². The molecule has 0 spiro atoms. The zero-order valence-corrected chi connectivity index (χ0v) is 13.8. The van der Waals surface area contributed by atoms with Crippen LogP contribution in [-0.4, -0.2) is 49.7 Å². The van der Waals surface area contributed by atoms with Crippen LogP contribution in [0.1, 0.15) is 24.7 Å². The normalized spacial score (nSPS) is 10.6. The second-order valence-corrected chi connectivity index (χ2v) is 5.29. The number of carbonyl (C=O) groups is 1. The van der Waals surface area contributed by atoms with Crippen molar-refractivity contribution in [3.8, 4) is 17.1 Å². The summed E-state index contributed by atoms with van der Waals surface area (Å²) in [5, 5.41) is 17.6. The van der Waals surface area contributed by atoms with Gasteiger partial charge >= 0.3 is 6.09 Å². The van der Waals surface area contributed by atoms with E-state index in [0.29, 0.717) is 29.3 Å². The summed E-state index contributed by atoms with van der Waals surface area (Å²) >= 11 is 0. The number of aromatic hydroxyl groups is 1. The average molecular weight is 319 g/mol. The van der Waals surface area contributed by atoms with Gasteiger partial charge < -0.3 is 14.7 Å². The van der Waals surface area contributed by atoms with Crippen LogP contribution in [0.3, 0.4) is 0 Å². The molecule has 0 fully saturated rings. The van der Waals surface area contributed by atoms with E-state index in [-0.39, 0.29) is 12.4 Å². The number of rotatable bonds is 5. The minimum Gasteiger partial charge on any atom is -0.506 e. The molecule has 2 heterocycles. The number of aromatic nitrogens is 4. The summed E-state index contributed by atoms with van der Waals surface area (Å²) in [6.07, 6.45) is 0.467. The Morgan fingerprint density at radius 1 is 1.43 bits per heavy atom. The van der Waals surface area contributed by atoms with Crippen LogP contribution in [-0.2, 0) is 18.4 Å². The Hall–Kier alpha value is -2.64. The van der Waals surface area contributed by atoms with Crippen molar-refractivity contribution in [2.75, 3.05) is 13.6 Å². The van der Waals surface area contributed by atoms with Gasteiger partial charge in [0.25, 0.3) is 0 Å². The quantitative estimate of drug-likeness (QED) is 0.904. The molecule has 8 nitrogen and oxygen atoms in total. The largest absolute Gasteiger partial charge is 0.506 e. The molecule has 0 aliphatic carbocycles. The Balaban J connectivity index is 2.18. The zero-order chi connectivity index (χ0) is 17.0. The highest BCUT2D eigenvalue weighted by Crippen LogP contribution is 2.23. The van der Waals surface area contributed by atoms with Crippen molar-refractivity contribution in [1.29, 1.82) is 0 Å². The van der Waals surface area contributed by atoms with Gasteiger partial charge in [-0.1, -0.05) is 12.1 Å². The van der Waals surface area contributed by atoms with Gasteiger partial charge in [0.1, 0.15) is 23.7 Å². The second-order valence-electron chi connectivity index (χ2n) is 5.29. The van der Waals surface area contributed by atoms with Crippen molar-refractivity contribution in [2.45, 2.75) is 26.9 Å². The van der Waals surface area contributed by atoms with Gasteiger partial charge in [-0.15, -0.1) is 5.10 Å². The standard InChI is InChI=1S/C15H21N5O3/c1-5-8-19(3)15(22)23-9-12-14(17-18-20(12)4)11-6-7-13(21)10(2)16-11/h6-7,21H,5,8-9H2,1-4H3. The minimum absolute atomic E-state index is 0.0489. The Bertz CT molecular complexity index is 698. The molecule has 2 aromatic heterocycles. The van der Waals surface area contributed by atoms with Crippen LogP contribution >= 0.6 is 0 Å². The molecule has 23 heavy (non-hydrogen) atoms. The van der Waals surface area contributed by atoms with E-state index in [1.54, 1.807) is 37.8 Å². The molecule has 1 N–H and O–H groups in total. The van der Waals surface area contributed by atoms with Gasteiger partial charge in [-0.2, -0.15) is 0 Å². The van der Waals surface area contributed by atoms with Gasteiger partial charge in [-0.05, 0) is 25.5 Å². The predicted octanol–water partition coefficient (Wildman–Crippen LogP) is 1.87. The van der Waals surface area contributed by atoms with Crippen LogP contribution in [0.5, 0.6) is 5.75 Å². The van der Waals surface area contributed by atoms with E-state index in [1.807, 2.05) is 6.92 Å². The number of nitrogens with zero attached hydrogens (tertiary/aromatic N) is 5. The summed E-state index contributed by atoms with van der Waals surface area (Å²) in [5.41, 5.74) is 2.24. The highest BCUT2D eigenvalue weighted by atomic mass is 16.6. The molecular formula is C15H21N5O3. The van der Waals surface area contributed by atoms with Crippen LogP contribution in [0.15, 0.2) is 12.1 Å². The molecule has 0 saturated carbocycles. The molecule has 0 atom stereocenters. The maximum absolute atomic E-state index is 11.9. The number of hydrogen-bond donors (Lipinski definition) is 1. The van der Waals surface area contributed by atoms with E-state index in [0.717, 1.165) is 6.42 Å². The van der Waals surface area contributed by atoms with Crippen LogP contribution in [0, 0.1) is 6.92 Å². The van der Waals surface area contributed by atoms with Crippen molar-refractivity contribution >= 4 is 6.09 Å². The monoisotopic (exact) mass is 319 g/mol. The summed E-state index contributed by atoms with van der Waals surface area (Å²) in [6, 6.07) is 3.21. The molecule has 2 rings (SSSR count). The number of ether oxygens (including phenoxy) is 1. The topological polar surface area (TPSA) is 93.4 Å². The molecule has 0 radical (unpaired) electrons. The third kappa shape index (κ3) is 3.77. The molecule has 0 aliphatic rings. The molecule has 0 saturated heterocycles. The third-order valence-electron chi connectivity index (χ3n) is 3.45. The fourth-order valence-electron chi connectivity index (χ4n) is 2.09. The molecule has 0 bridgehead atoms. The summed E-state index contributed by atoms with van der Waals surface area (Å²) in [4.78, 5) is 17.7. The van der Waals surface area contributed by atoms with Crippen LogP contribution < -0.4 is 0 Å². The van der Waals surface area contributed by atoms with Crippen molar-refractivity contribution in [2.24, 2.45) is 7.05 Å². The minimum atomic E-state index is -0.395. The Morgan fingerprint density at radius 3 is 2.83 bits per heavy atom. The first-order chi connectivity index (χ1) is 10.9. The first-order valence-electron chi connectivity index (χ1n) is 7.37. The number of pyridine rings is 1. The molecule has 0 aliphatic heterocycles. The van der Waals surface area contributed by atoms with Gasteiger partial charge in [0, 0.05) is 20.6 Å². The summed E-state index contributed by atoms with van der Waals surface area (Å²) < 4.78 is 6.85. The number of hydrogen-bond acceptors (Lipinski definition) is 6. The highest BCUT2D eigenvalue weighted by Gasteiger charge is 2.18. The lowest BCUT2D eigenvalue weighted by atomic mass is 10.2. The Morgan fingerprint density at radius 2 is 2.17 bits per heavy atom. The molecule has 8 heteroatoms. The van der Waals surface area contributed by atoms with Gasteiger partial charge in [-0.3, -0.25) is 0 Å². The number of aryl methyl sites for hydroxylation is 2. The SMILES string of the molecule is CCCN(C)C(=O)OCc1c(-c2ccc(O)c(C)n2)nnn1C. The van der Waals surface area contributed by atoms with Gasteiger partial charge in [0.2, 0.25) is 0 Å². The van der Waals surface area contributed by atoms with Gasteiger partial charge in [0.15, 0.2) is 0 Å². The molecule has 0 aromatic carbocycles. The van der Waals surface area contributed by atoms with Gasteiger partial charge in [0.05, 0.1) is 11.4 Å². The zero-order valence-electron chi connectivity index (χ0n) is 13.8. The maximum atomic E-state index is 11.9. The molecule has 2 aromatic rings. The maximum Gasteiger partial charge on any atom is 0.409 e. The molecule has 124 valence electrons. The van der Waals surface area contributed by atoms with E-state index >= 15 is 0 Å². The first kappa shape index (κ1) is 16.7. The van der Waals surface area contributed by atoms with Crippen molar-refractivity contribution in [1.82, 2.24) is 24.9 Å². The van der Waals surface area contributed by atoms with Crippen molar-refractivity contribution in [3.05, 3.63) is 23.5 Å². The molecule has 0 unspecified atom stereocenters. The van der Waals surface area contributed by atoms with E-state index in [9.17, 15) is 9.90 Å². The predicted molar refractivity (Wildman–Crippen MR) is 83.7 cm³/mol. The summed E-state index contributed by atoms with van der Waals surface area (Å²) in [7, 11) is 3.42. The number of carbonyl (C=O) groups excluding carboxylic acids is 1. The lowest BCUT2D eigenvalue weighted by Crippen LogP contribution is -2.28.